The molecule has 7 heteroatoms. The molecule has 2 aromatic rings. The molecule has 7 nitrogen and oxygen atoms in total. The summed E-state index contributed by atoms with van der Waals surface area (Å²) >= 11 is 0. The minimum atomic E-state index is -0.399. The molecule has 0 atom stereocenters. The maximum absolute atomic E-state index is 11.6. The number of aromatic hydroxyl groups is 1. The fourth-order valence-electron chi connectivity index (χ4n) is 1.16. The molecule has 0 aliphatic rings. The van der Waals surface area contributed by atoms with Gasteiger partial charge < -0.3 is 5.11 Å². The van der Waals surface area contributed by atoms with Crippen molar-refractivity contribution >= 4 is 11.9 Å². The summed E-state index contributed by atoms with van der Waals surface area (Å²) in [5.41, 5.74) is 0.326. The first kappa shape index (κ1) is 10.1. The number of anilines is 1. The van der Waals surface area contributed by atoms with Gasteiger partial charge in [0.15, 0.2) is 0 Å². The largest absolute Gasteiger partial charge is 0.508 e. The first-order chi connectivity index (χ1) is 7.65. The molecule has 1 amide bonds. The number of phenolic OH excluding ortho intramolecular Hbond substituents is 1. The molecule has 1 aromatic heterocycles. The van der Waals surface area contributed by atoms with Crippen LogP contribution in [0.2, 0.25) is 0 Å². The van der Waals surface area contributed by atoms with E-state index in [4.69, 9.17) is 0 Å². The lowest BCUT2D eigenvalue weighted by molar-refractivity contribution is 0.102. The molecule has 0 unspecified atom stereocenters. The number of hydrogen-bond acceptors (Lipinski definition) is 5. The van der Waals surface area contributed by atoms with Gasteiger partial charge in [0.05, 0.1) is 7.05 Å². The summed E-state index contributed by atoms with van der Waals surface area (Å²) in [5.74, 6) is -0.250. The zero-order valence-corrected chi connectivity index (χ0v) is 8.45. The average molecular weight is 219 g/mol. The van der Waals surface area contributed by atoms with Crippen LogP contribution in [0, 0.1) is 0 Å². The van der Waals surface area contributed by atoms with Crippen LogP contribution >= 0.6 is 0 Å². The molecule has 1 aromatic carbocycles. The number of amides is 1. The molecular formula is C9H9N5O2. The Balaban J connectivity index is 2.14. The van der Waals surface area contributed by atoms with E-state index in [1.54, 1.807) is 19.2 Å². The van der Waals surface area contributed by atoms with Crippen LogP contribution in [0.15, 0.2) is 24.3 Å². The number of aryl methyl sites for hydroxylation is 1. The highest BCUT2D eigenvalue weighted by atomic mass is 16.3. The van der Waals surface area contributed by atoms with Gasteiger partial charge in [-0.1, -0.05) is 11.2 Å². The molecule has 0 fully saturated rings. The highest BCUT2D eigenvalue weighted by Gasteiger charge is 2.09. The summed E-state index contributed by atoms with van der Waals surface area (Å²) in [6.07, 6.45) is 0. The Morgan fingerprint density at radius 3 is 2.94 bits per heavy atom. The Morgan fingerprint density at radius 2 is 2.31 bits per heavy atom. The van der Waals surface area contributed by atoms with E-state index < -0.39 is 5.91 Å². The molecule has 0 radical (unpaired) electrons. The van der Waals surface area contributed by atoms with Crippen molar-refractivity contribution in [3.63, 3.8) is 0 Å². The number of hydrogen-bond donors (Lipinski definition) is 2. The summed E-state index contributed by atoms with van der Waals surface area (Å²) in [5, 5.41) is 22.6. The molecule has 82 valence electrons. The minimum absolute atomic E-state index is 0.0276. The lowest BCUT2D eigenvalue weighted by Crippen LogP contribution is -2.13. The van der Waals surface area contributed by atoms with Gasteiger partial charge in [-0.2, -0.15) is 4.80 Å². The Morgan fingerprint density at radius 1 is 1.50 bits per heavy atom. The number of nitrogens with zero attached hydrogens (tertiary/aromatic N) is 4. The SMILES string of the molecule is Cn1nnc(NC(=O)c2cccc(O)c2)n1. The van der Waals surface area contributed by atoms with Gasteiger partial charge in [0.2, 0.25) is 0 Å². The van der Waals surface area contributed by atoms with Crippen LogP contribution in [0.5, 0.6) is 5.75 Å². The van der Waals surface area contributed by atoms with Gasteiger partial charge >= 0.3 is 0 Å². The normalized spacial score (nSPS) is 10.1. The predicted octanol–water partition coefficient (Wildman–Crippen LogP) is 0.168. The highest BCUT2D eigenvalue weighted by molar-refractivity contribution is 6.03. The summed E-state index contributed by atoms with van der Waals surface area (Å²) in [7, 11) is 1.59. The summed E-state index contributed by atoms with van der Waals surface area (Å²) in [6, 6.07) is 5.99. The van der Waals surface area contributed by atoms with Crippen LogP contribution in [0.4, 0.5) is 5.95 Å². The number of aromatic nitrogens is 4. The molecular weight excluding hydrogens is 210 g/mol. The second-order valence-electron chi connectivity index (χ2n) is 3.11. The Kier molecular flexibility index (Phi) is 2.50. The average Bonchev–Trinajstić information content (AvgIpc) is 2.64. The first-order valence-corrected chi connectivity index (χ1v) is 4.49. The lowest BCUT2D eigenvalue weighted by atomic mass is 10.2. The molecule has 0 bridgehead atoms. The third-order valence-electron chi connectivity index (χ3n) is 1.84. The minimum Gasteiger partial charge on any atom is -0.508 e. The molecule has 0 spiro atoms. The van der Waals surface area contributed by atoms with Gasteiger partial charge in [-0.15, -0.1) is 5.10 Å². The summed E-state index contributed by atoms with van der Waals surface area (Å²) in [4.78, 5) is 12.9. The van der Waals surface area contributed by atoms with Crippen LogP contribution in [0.25, 0.3) is 0 Å². The van der Waals surface area contributed by atoms with Crippen molar-refractivity contribution in [2.24, 2.45) is 7.05 Å². The Labute approximate surface area is 90.7 Å². The smallest absolute Gasteiger partial charge is 0.270 e. The molecule has 2 rings (SSSR count). The molecule has 2 N–H and O–H groups in total. The van der Waals surface area contributed by atoms with Crippen molar-refractivity contribution in [3.05, 3.63) is 29.8 Å². The van der Waals surface area contributed by atoms with Crippen LogP contribution in [0.1, 0.15) is 10.4 Å². The number of carbonyl (C=O) groups is 1. The van der Waals surface area contributed by atoms with Gasteiger partial charge in [-0.3, -0.25) is 10.1 Å². The number of carbonyl (C=O) groups excluding carboxylic acids is 1. The third-order valence-corrected chi connectivity index (χ3v) is 1.84. The number of tetrazole rings is 1. The van der Waals surface area contributed by atoms with E-state index in [0.717, 1.165) is 0 Å². The molecule has 0 aliphatic carbocycles. The van der Waals surface area contributed by atoms with Crippen molar-refractivity contribution < 1.29 is 9.90 Å². The first-order valence-electron chi connectivity index (χ1n) is 4.49. The third kappa shape index (κ3) is 2.14. The zero-order valence-electron chi connectivity index (χ0n) is 8.45. The maximum Gasteiger partial charge on any atom is 0.270 e. The van der Waals surface area contributed by atoms with Gasteiger partial charge in [0.25, 0.3) is 11.9 Å². The van der Waals surface area contributed by atoms with Gasteiger partial charge in [0, 0.05) is 5.56 Å². The molecule has 0 saturated carbocycles. The molecule has 0 aliphatic heterocycles. The number of benzene rings is 1. The lowest BCUT2D eigenvalue weighted by Gasteiger charge is -2.00. The van der Waals surface area contributed by atoms with Crippen LogP contribution < -0.4 is 5.32 Å². The van der Waals surface area contributed by atoms with E-state index >= 15 is 0 Å². The van der Waals surface area contributed by atoms with Crippen molar-refractivity contribution in [1.82, 2.24) is 20.2 Å². The van der Waals surface area contributed by atoms with Crippen molar-refractivity contribution in [1.29, 1.82) is 0 Å². The summed E-state index contributed by atoms with van der Waals surface area (Å²) in [6.45, 7) is 0. The quantitative estimate of drug-likeness (QED) is 0.750. The van der Waals surface area contributed by atoms with Crippen molar-refractivity contribution in [2.45, 2.75) is 0 Å². The second-order valence-corrected chi connectivity index (χ2v) is 3.11. The Hall–Kier alpha value is -2.44. The number of phenols is 1. The number of nitrogens with one attached hydrogen (secondary N) is 1. The molecule has 1 heterocycles. The molecule has 16 heavy (non-hydrogen) atoms. The Bertz CT molecular complexity index is 522. The zero-order chi connectivity index (χ0) is 11.5. The fourth-order valence-corrected chi connectivity index (χ4v) is 1.16. The van der Waals surface area contributed by atoms with Crippen LogP contribution in [-0.4, -0.2) is 31.2 Å². The monoisotopic (exact) mass is 219 g/mol. The van der Waals surface area contributed by atoms with E-state index in [0.29, 0.717) is 5.56 Å². The van der Waals surface area contributed by atoms with Gasteiger partial charge in [-0.05, 0) is 23.4 Å². The van der Waals surface area contributed by atoms with Crippen molar-refractivity contribution in [2.75, 3.05) is 5.32 Å². The highest BCUT2D eigenvalue weighted by Crippen LogP contribution is 2.11. The number of rotatable bonds is 2. The standard InChI is InChI=1S/C9H9N5O2/c1-14-12-9(11-13-14)10-8(16)6-3-2-4-7(15)5-6/h2-5,15H,1H3,(H,10,12,16). The predicted molar refractivity (Wildman–Crippen MR) is 54.9 cm³/mol. The fraction of sp³-hybridized carbons (Fsp3) is 0.111. The van der Waals surface area contributed by atoms with Crippen LogP contribution in [-0.2, 0) is 7.05 Å². The van der Waals surface area contributed by atoms with E-state index in [1.165, 1.54) is 16.9 Å². The van der Waals surface area contributed by atoms with Gasteiger partial charge in [-0.25, -0.2) is 0 Å². The van der Waals surface area contributed by atoms with E-state index in [2.05, 4.69) is 20.7 Å². The summed E-state index contributed by atoms with van der Waals surface area (Å²) < 4.78 is 0. The van der Waals surface area contributed by atoms with Crippen molar-refractivity contribution in [3.8, 4) is 5.75 Å². The van der Waals surface area contributed by atoms with Gasteiger partial charge in [0.1, 0.15) is 5.75 Å². The van der Waals surface area contributed by atoms with E-state index in [9.17, 15) is 9.90 Å². The van der Waals surface area contributed by atoms with Crippen LogP contribution in [0.3, 0.4) is 0 Å². The second kappa shape index (κ2) is 3.97. The topological polar surface area (TPSA) is 92.9 Å². The molecule has 0 saturated heterocycles. The maximum atomic E-state index is 11.6. The van der Waals surface area contributed by atoms with E-state index in [1.807, 2.05) is 0 Å². The van der Waals surface area contributed by atoms with E-state index in [-0.39, 0.29) is 11.7 Å².